The van der Waals surface area contributed by atoms with Crippen LogP contribution in [-0.2, 0) is 0 Å². The first-order valence-electron chi connectivity index (χ1n) is 12.6. The van der Waals surface area contributed by atoms with Crippen molar-refractivity contribution in [2.24, 2.45) is 0 Å². The molecule has 4 rings (SSSR count). The zero-order valence-electron chi connectivity index (χ0n) is 21.9. The Balaban J connectivity index is 0.000000211. The third-order valence-electron chi connectivity index (χ3n) is 6.42. The van der Waals surface area contributed by atoms with Crippen molar-refractivity contribution in [3.8, 4) is 23.6 Å². The molecule has 2 aliphatic heterocycles. The van der Waals surface area contributed by atoms with E-state index in [1.165, 1.54) is 26.6 Å². The summed E-state index contributed by atoms with van der Waals surface area (Å²) in [5.41, 5.74) is 1.82. The maximum Gasteiger partial charge on any atom is 0.140 e. The van der Waals surface area contributed by atoms with Crippen molar-refractivity contribution in [2.75, 3.05) is 79.7 Å². The highest BCUT2D eigenvalue weighted by molar-refractivity contribution is 5.43. The Morgan fingerprint density at radius 3 is 1.47 bits per heavy atom. The minimum atomic E-state index is -0.667. The average molecular weight is 525 g/mol. The second-order valence-electron chi connectivity index (χ2n) is 8.98. The van der Waals surface area contributed by atoms with Crippen LogP contribution in [0.25, 0.3) is 0 Å². The molecule has 0 aliphatic carbocycles. The van der Waals surface area contributed by atoms with Crippen LogP contribution >= 0.6 is 0 Å². The van der Waals surface area contributed by atoms with Crippen LogP contribution in [0.2, 0.25) is 0 Å². The molecule has 0 bridgehead atoms. The monoisotopic (exact) mass is 524 g/mol. The molecule has 2 fully saturated rings. The number of nitriles is 2. The zero-order valence-corrected chi connectivity index (χ0v) is 21.9. The van der Waals surface area contributed by atoms with Gasteiger partial charge in [-0.05, 0) is 0 Å². The Morgan fingerprint density at radius 2 is 1.16 bits per heavy atom. The van der Waals surface area contributed by atoms with Crippen molar-refractivity contribution in [1.82, 2.24) is 30.4 Å². The van der Waals surface area contributed by atoms with Crippen LogP contribution in [0.5, 0.6) is 11.5 Å². The number of hydrogen-bond acceptors (Lipinski definition) is 12. The molecule has 4 heterocycles. The van der Waals surface area contributed by atoms with Crippen LogP contribution in [-0.4, -0.2) is 110 Å². The molecule has 2 aliphatic rings. The molecule has 0 unspecified atom stereocenters. The molecule has 2 saturated heterocycles. The van der Waals surface area contributed by atoms with E-state index in [0.717, 1.165) is 52.4 Å². The number of nitrogens with one attached hydrogen (secondary N) is 2. The number of ether oxygens (including phenoxy) is 2. The van der Waals surface area contributed by atoms with E-state index in [9.17, 15) is 10.2 Å². The van der Waals surface area contributed by atoms with Crippen molar-refractivity contribution < 1.29 is 19.7 Å². The summed E-state index contributed by atoms with van der Waals surface area (Å²) in [5, 5.41) is 44.7. The van der Waals surface area contributed by atoms with E-state index in [-0.39, 0.29) is 0 Å². The van der Waals surface area contributed by atoms with Gasteiger partial charge in [-0.1, -0.05) is 0 Å². The lowest BCUT2D eigenvalue weighted by atomic mass is 10.1. The largest absolute Gasteiger partial charge is 0.495 e. The second kappa shape index (κ2) is 15.1. The van der Waals surface area contributed by atoms with Crippen molar-refractivity contribution in [2.45, 2.75) is 12.2 Å². The number of aliphatic hydroxyl groups is 2. The summed E-state index contributed by atoms with van der Waals surface area (Å²) in [7, 11) is 3.01. The van der Waals surface area contributed by atoms with Crippen LogP contribution in [0.4, 0.5) is 0 Å². The lowest BCUT2D eigenvalue weighted by Gasteiger charge is -2.28. The van der Waals surface area contributed by atoms with Gasteiger partial charge in [-0.15, -0.1) is 0 Å². The SMILES string of the molecule is COc1cc([C@@H](O)CN2CCNCC2)ncc1C#N.COc1cc([C@H](O)CN2CCNCC2)ncc1C#N. The summed E-state index contributed by atoms with van der Waals surface area (Å²) >= 11 is 0. The molecule has 2 aromatic heterocycles. The van der Waals surface area contributed by atoms with E-state index in [0.29, 0.717) is 47.1 Å². The summed E-state index contributed by atoms with van der Waals surface area (Å²) in [6.07, 6.45) is 1.55. The molecule has 12 nitrogen and oxygen atoms in total. The Kier molecular flexibility index (Phi) is 11.6. The van der Waals surface area contributed by atoms with Crippen LogP contribution in [0, 0.1) is 22.7 Å². The number of aliphatic hydroxyl groups excluding tert-OH is 2. The van der Waals surface area contributed by atoms with Gasteiger partial charge in [0.2, 0.25) is 0 Å². The van der Waals surface area contributed by atoms with E-state index in [4.69, 9.17) is 20.0 Å². The highest BCUT2D eigenvalue weighted by Gasteiger charge is 2.19. The van der Waals surface area contributed by atoms with Gasteiger partial charge in [0.05, 0.1) is 25.6 Å². The molecule has 0 spiro atoms. The predicted molar refractivity (Wildman–Crippen MR) is 140 cm³/mol. The van der Waals surface area contributed by atoms with Gasteiger partial charge >= 0.3 is 0 Å². The van der Waals surface area contributed by atoms with Gasteiger partial charge in [-0.2, -0.15) is 10.5 Å². The first-order valence-corrected chi connectivity index (χ1v) is 12.6. The summed E-state index contributed by atoms with van der Waals surface area (Å²) in [4.78, 5) is 12.6. The first kappa shape index (κ1) is 29.2. The average Bonchev–Trinajstić information content (AvgIpc) is 2.97. The topological polar surface area (TPSA) is 163 Å². The molecule has 204 valence electrons. The zero-order chi connectivity index (χ0) is 27.3. The highest BCUT2D eigenvalue weighted by Crippen LogP contribution is 2.23. The Bertz CT molecular complexity index is 1020. The third kappa shape index (κ3) is 8.33. The molecule has 38 heavy (non-hydrogen) atoms. The highest BCUT2D eigenvalue weighted by atomic mass is 16.5. The maximum absolute atomic E-state index is 10.2. The standard InChI is InChI=1S/2C13H18N4O2/c2*1-19-13-6-11(16-8-10(13)7-14)12(18)9-17-4-2-15-3-5-17/h2*6,8,12,15,18H,2-5,9H2,1H3/t2*12-/m10/s1. The van der Waals surface area contributed by atoms with Crippen molar-refractivity contribution in [1.29, 1.82) is 10.5 Å². The number of nitrogens with zero attached hydrogens (tertiary/aromatic N) is 6. The fraction of sp³-hybridized carbons (Fsp3) is 0.538. The van der Waals surface area contributed by atoms with Crippen LogP contribution in [0.1, 0.15) is 34.7 Å². The van der Waals surface area contributed by atoms with E-state index in [1.54, 1.807) is 12.1 Å². The summed E-state index contributed by atoms with van der Waals surface area (Å²) in [6, 6.07) is 7.27. The van der Waals surface area contributed by atoms with Gasteiger partial charge in [-0.25, -0.2) is 0 Å². The molecule has 0 saturated carbocycles. The van der Waals surface area contributed by atoms with Crippen LogP contribution in [0.15, 0.2) is 24.5 Å². The van der Waals surface area contributed by atoms with E-state index in [1.807, 2.05) is 12.1 Å². The van der Waals surface area contributed by atoms with Crippen LogP contribution < -0.4 is 20.1 Å². The summed E-state index contributed by atoms with van der Waals surface area (Å²) in [5.74, 6) is 0.902. The fourth-order valence-corrected chi connectivity index (χ4v) is 4.24. The first-order chi connectivity index (χ1) is 18.5. The minimum Gasteiger partial charge on any atom is -0.495 e. The molecule has 2 aromatic rings. The number of methoxy groups -OCH3 is 2. The normalized spacial score (nSPS) is 17.7. The Hall–Kier alpha value is -3.36. The van der Waals surface area contributed by atoms with E-state index >= 15 is 0 Å². The van der Waals surface area contributed by atoms with Gasteiger partial charge in [-0.3, -0.25) is 19.8 Å². The number of piperazine rings is 2. The minimum absolute atomic E-state index is 0.376. The molecular formula is C26H36N8O4. The molecule has 0 amide bonds. The Labute approximate surface area is 223 Å². The third-order valence-corrected chi connectivity index (χ3v) is 6.42. The lowest BCUT2D eigenvalue weighted by molar-refractivity contribution is 0.102. The molecule has 0 aromatic carbocycles. The van der Waals surface area contributed by atoms with Gasteiger partial charge in [0.15, 0.2) is 0 Å². The van der Waals surface area contributed by atoms with E-state index in [2.05, 4.69) is 30.4 Å². The second-order valence-corrected chi connectivity index (χ2v) is 8.98. The summed E-state index contributed by atoms with van der Waals surface area (Å²) < 4.78 is 10.2. The molecule has 2 atom stereocenters. The van der Waals surface area contributed by atoms with Crippen molar-refractivity contribution in [3.05, 3.63) is 47.0 Å². The van der Waals surface area contributed by atoms with E-state index < -0.39 is 12.2 Å². The smallest absolute Gasteiger partial charge is 0.140 e. The number of rotatable bonds is 8. The summed E-state index contributed by atoms with van der Waals surface area (Å²) in [6.45, 7) is 8.54. The number of β-amino-alcohol motifs (C(OH)–C–C–N with tert-alkyl or cyclic N) is 2. The number of aromatic nitrogens is 2. The van der Waals surface area contributed by atoms with Crippen LogP contribution in [0.3, 0.4) is 0 Å². The van der Waals surface area contributed by atoms with Crippen molar-refractivity contribution >= 4 is 0 Å². The molecule has 12 heteroatoms. The number of pyridine rings is 2. The quantitative estimate of drug-likeness (QED) is 0.360. The molecular weight excluding hydrogens is 488 g/mol. The van der Waals surface area contributed by atoms with Gasteiger partial charge < -0.3 is 30.3 Å². The van der Waals surface area contributed by atoms with Gasteiger partial charge in [0.1, 0.15) is 47.0 Å². The molecule has 4 N–H and O–H groups in total. The Morgan fingerprint density at radius 1 is 0.789 bits per heavy atom. The number of hydrogen-bond donors (Lipinski definition) is 4. The predicted octanol–water partition coefficient (Wildman–Crippen LogP) is -0.199. The molecule has 0 radical (unpaired) electrons. The van der Waals surface area contributed by atoms with Crippen molar-refractivity contribution in [3.63, 3.8) is 0 Å². The fourth-order valence-electron chi connectivity index (χ4n) is 4.24. The van der Waals surface area contributed by atoms with Gasteiger partial charge in [0.25, 0.3) is 0 Å². The lowest BCUT2D eigenvalue weighted by Crippen LogP contribution is -2.45. The maximum atomic E-state index is 10.2. The van der Waals surface area contributed by atoms with Gasteiger partial charge in [0, 0.05) is 90.0 Å².